The van der Waals surface area contributed by atoms with Crippen LogP contribution in [0.15, 0.2) is 36.4 Å². The Morgan fingerprint density at radius 2 is 1.86 bits per heavy atom. The van der Waals surface area contributed by atoms with Crippen molar-refractivity contribution in [1.29, 1.82) is 0 Å². The topological polar surface area (TPSA) is 46.3 Å². The van der Waals surface area contributed by atoms with E-state index in [-0.39, 0.29) is 18.4 Å². The van der Waals surface area contributed by atoms with Crippen LogP contribution in [0.1, 0.15) is 29.7 Å². The molecule has 0 saturated heterocycles. The number of carbonyl (C=O) groups is 1. The van der Waals surface area contributed by atoms with Crippen LogP contribution in [-0.2, 0) is 17.8 Å². The van der Waals surface area contributed by atoms with Gasteiger partial charge in [0, 0.05) is 22.3 Å². The molecule has 1 aliphatic heterocycles. The lowest BCUT2D eigenvalue weighted by Crippen LogP contribution is -2.29. The SMILES string of the molecule is CC1c2cccc(N)c2CN1C(=O)Cc1c(Cl)cccc1Cl. The third kappa shape index (κ3) is 2.55. The number of hydrogen-bond donors (Lipinski definition) is 1. The van der Waals surface area contributed by atoms with Crippen LogP contribution in [0.5, 0.6) is 0 Å². The second kappa shape index (κ2) is 5.82. The highest BCUT2D eigenvalue weighted by atomic mass is 35.5. The summed E-state index contributed by atoms with van der Waals surface area (Å²) < 4.78 is 0. The van der Waals surface area contributed by atoms with E-state index < -0.39 is 0 Å². The maximum absolute atomic E-state index is 12.7. The Labute approximate surface area is 139 Å². The van der Waals surface area contributed by atoms with Gasteiger partial charge in [0.1, 0.15) is 0 Å². The lowest BCUT2D eigenvalue weighted by Gasteiger charge is -2.22. The first-order valence-electron chi connectivity index (χ1n) is 7.08. The first kappa shape index (κ1) is 15.2. The Hall–Kier alpha value is -1.71. The van der Waals surface area contributed by atoms with Crippen molar-refractivity contribution < 1.29 is 4.79 Å². The van der Waals surface area contributed by atoms with Crippen LogP contribution in [0, 0.1) is 0 Å². The number of carbonyl (C=O) groups excluding carboxylic acids is 1. The normalized spacial score (nSPS) is 16.7. The molecule has 114 valence electrons. The van der Waals surface area contributed by atoms with E-state index in [0.717, 1.165) is 16.8 Å². The molecule has 2 N–H and O–H groups in total. The fraction of sp³-hybridized carbons (Fsp3) is 0.235. The molecular weight excluding hydrogens is 319 g/mol. The van der Waals surface area contributed by atoms with Gasteiger partial charge in [-0.25, -0.2) is 0 Å². The molecule has 0 spiro atoms. The Kier molecular flexibility index (Phi) is 4.02. The van der Waals surface area contributed by atoms with Gasteiger partial charge in [-0.15, -0.1) is 0 Å². The number of hydrogen-bond acceptors (Lipinski definition) is 2. The van der Waals surface area contributed by atoms with E-state index in [2.05, 4.69) is 0 Å². The first-order chi connectivity index (χ1) is 10.5. The molecule has 0 saturated carbocycles. The van der Waals surface area contributed by atoms with Crippen LogP contribution < -0.4 is 5.73 Å². The summed E-state index contributed by atoms with van der Waals surface area (Å²) in [6, 6.07) is 11.1. The van der Waals surface area contributed by atoms with Crippen LogP contribution >= 0.6 is 23.2 Å². The molecular formula is C17H16Cl2N2O. The summed E-state index contributed by atoms with van der Waals surface area (Å²) in [7, 11) is 0. The molecule has 1 atom stereocenters. The number of fused-ring (bicyclic) bond motifs is 1. The highest BCUT2D eigenvalue weighted by molar-refractivity contribution is 6.36. The molecule has 1 unspecified atom stereocenters. The Morgan fingerprint density at radius 3 is 2.50 bits per heavy atom. The van der Waals surface area contributed by atoms with E-state index >= 15 is 0 Å². The van der Waals surface area contributed by atoms with Crippen LogP contribution in [0.2, 0.25) is 10.0 Å². The molecule has 1 heterocycles. The van der Waals surface area contributed by atoms with Crippen molar-refractivity contribution in [3.8, 4) is 0 Å². The fourth-order valence-electron chi connectivity index (χ4n) is 2.93. The predicted molar refractivity (Wildman–Crippen MR) is 90.0 cm³/mol. The van der Waals surface area contributed by atoms with Gasteiger partial charge in [0.05, 0.1) is 12.5 Å². The molecule has 22 heavy (non-hydrogen) atoms. The number of rotatable bonds is 2. The van der Waals surface area contributed by atoms with Crippen LogP contribution in [0.25, 0.3) is 0 Å². The van der Waals surface area contributed by atoms with E-state index in [1.54, 1.807) is 18.2 Å². The van der Waals surface area contributed by atoms with Crippen molar-refractivity contribution in [2.24, 2.45) is 0 Å². The highest BCUT2D eigenvalue weighted by Gasteiger charge is 2.31. The summed E-state index contributed by atoms with van der Waals surface area (Å²) in [5.74, 6) is -0.00176. The molecule has 5 heteroatoms. The quantitative estimate of drug-likeness (QED) is 0.835. The van der Waals surface area contributed by atoms with Gasteiger partial charge < -0.3 is 10.6 Å². The smallest absolute Gasteiger partial charge is 0.227 e. The third-order valence-corrected chi connectivity index (χ3v) is 4.91. The second-order valence-corrected chi connectivity index (χ2v) is 6.30. The average Bonchev–Trinajstić information content (AvgIpc) is 2.82. The molecule has 1 amide bonds. The molecule has 0 bridgehead atoms. The third-order valence-electron chi connectivity index (χ3n) is 4.20. The van der Waals surface area contributed by atoms with Crippen LogP contribution in [-0.4, -0.2) is 10.8 Å². The summed E-state index contributed by atoms with van der Waals surface area (Å²) in [5, 5.41) is 1.04. The van der Waals surface area contributed by atoms with Gasteiger partial charge in [-0.1, -0.05) is 41.4 Å². The van der Waals surface area contributed by atoms with Crippen molar-refractivity contribution in [3.63, 3.8) is 0 Å². The van der Waals surface area contributed by atoms with Gasteiger partial charge in [0.25, 0.3) is 0 Å². The maximum Gasteiger partial charge on any atom is 0.227 e. The molecule has 2 aromatic rings. The summed E-state index contributed by atoms with van der Waals surface area (Å²) in [5.41, 5.74) is 9.57. The highest BCUT2D eigenvalue weighted by Crippen LogP contribution is 2.37. The Morgan fingerprint density at radius 1 is 1.23 bits per heavy atom. The first-order valence-corrected chi connectivity index (χ1v) is 7.84. The molecule has 0 aliphatic carbocycles. The molecule has 1 aliphatic rings. The zero-order valence-electron chi connectivity index (χ0n) is 12.1. The lowest BCUT2D eigenvalue weighted by atomic mass is 10.0. The Balaban J connectivity index is 1.85. The summed E-state index contributed by atoms with van der Waals surface area (Å²) in [6.07, 6.45) is 0.191. The fourth-order valence-corrected chi connectivity index (χ4v) is 3.46. The minimum atomic E-state index is -0.00176. The maximum atomic E-state index is 12.7. The lowest BCUT2D eigenvalue weighted by molar-refractivity contribution is -0.132. The van der Waals surface area contributed by atoms with E-state index in [9.17, 15) is 4.79 Å². The van der Waals surface area contributed by atoms with Gasteiger partial charge >= 0.3 is 0 Å². The molecule has 0 fully saturated rings. The number of nitrogens with two attached hydrogens (primary N) is 1. The van der Waals surface area contributed by atoms with E-state index in [1.807, 2.05) is 30.0 Å². The van der Waals surface area contributed by atoms with Crippen molar-refractivity contribution in [2.75, 3.05) is 5.73 Å². The number of benzene rings is 2. The second-order valence-electron chi connectivity index (χ2n) is 5.49. The monoisotopic (exact) mass is 334 g/mol. The van der Waals surface area contributed by atoms with Crippen molar-refractivity contribution >= 4 is 34.8 Å². The minimum absolute atomic E-state index is 0.00176. The number of nitrogen functional groups attached to an aromatic ring is 1. The van der Waals surface area contributed by atoms with Gasteiger partial charge in [-0.05, 0) is 41.8 Å². The van der Waals surface area contributed by atoms with Crippen molar-refractivity contribution in [2.45, 2.75) is 25.9 Å². The largest absolute Gasteiger partial charge is 0.398 e. The van der Waals surface area contributed by atoms with Gasteiger partial charge in [0.2, 0.25) is 5.91 Å². The minimum Gasteiger partial charge on any atom is -0.398 e. The summed E-state index contributed by atoms with van der Waals surface area (Å²) >= 11 is 12.3. The zero-order chi connectivity index (χ0) is 15.9. The van der Waals surface area contributed by atoms with Gasteiger partial charge in [0.15, 0.2) is 0 Å². The molecule has 0 radical (unpaired) electrons. The zero-order valence-corrected chi connectivity index (χ0v) is 13.7. The molecule has 0 aromatic heterocycles. The average molecular weight is 335 g/mol. The van der Waals surface area contributed by atoms with E-state index in [0.29, 0.717) is 22.2 Å². The van der Waals surface area contributed by atoms with Crippen molar-refractivity contribution in [1.82, 2.24) is 4.90 Å². The van der Waals surface area contributed by atoms with E-state index in [1.165, 1.54) is 0 Å². The van der Waals surface area contributed by atoms with Crippen molar-refractivity contribution in [3.05, 3.63) is 63.1 Å². The van der Waals surface area contributed by atoms with E-state index in [4.69, 9.17) is 28.9 Å². The van der Waals surface area contributed by atoms with Gasteiger partial charge in [-0.2, -0.15) is 0 Å². The molecule has 3 rings (SSSR count). The predicted octanol–water partition coefficient (Wildman–Crippen LogP) is 4.22. The number of halogens is 2. The van der Waals surface area contributed by atoms with Crippen LogP contribution in [0.4, 0.5) is 5.69 Å². The summed E-state index contributed by atoms with van der Waals surface area (Å²) in [4.78, 5) is 14.5. The Bertz CT molecular complexity index is 725. The van der Waals surface area contributed by atoms with Crippen LogP contribution in [0.3, 0.4) is 0 Å². The number of amides is 1. The number of anilines is 1. The van der Waals surface area contributed by atoms with Gasteiger partial charge in [-0.3, -0.25) is 4.79 Å². The standard InChI is InChI=1S/C17H16Cl2N2O/c1-10-11-4-2-7-16(20)13(11)9-21(10)17(22)8-12-14(18)5-3-6-15(12)19/h2-7,10H,8-9,20H2,1H3. The molecule has 2 aromatic carbocycles. The summed E-state index contributed by atoms with van der Waals surface area (Å²) in [6.45, 7) is 2.54. The molecule has 3 nitrogen and oxygen atoms in total. The number of nitrogens with zero attached hydrogens (tertiary/aromatic N) is 1.